The van der Waals surface area contributed by atoms with Crippen LogP contribution in [0.3, 0.4) is 0 Å². The molecule has 0 spiro atoms. The SMILES string of the molecule is CN=C(NCc1ccc(N2CCSCC2)cc1)NC1CCC(C)CC1. The van der Waals surface area contributed by atoms with Gasteiger partial charge in [0, 0.05) is 49.9 Å². The van der Waals surface area contributed by atoms with Crippen LogP contribution >= 0.6 is 11.8 Å². The second kappa shape index (κ2) is 9.37. The Morgan fingerprint density at radius 2 is 1.80 bits per heavy atom. The van der Waals surface area contributed by atoms with Gasteiger partial charge in [-0.15, -0.1) is 0 Å². The minimum atomic E-state index is 0.571. The first-order valence-corrected chi connectivity index (χ1v) is 10.8. The van der Waals surface area contributed by atoms with Crippen molar-refractivity contribution in [2.45, 2.75) is 45.2 Å². The van der Waals surface area contributed by atoms with Crippen LogP contribution in [0.25, 0.3) is 0 Å². The Morgan fingerprint density at radius 1 is 1.12 bits per heavy atom. The zero-order valence-corrected chi connectivity index (χ0v) is 16.4. The number of nitrogens with zero attached hydrogens (tertiary/aromatic N) is 2. The molecule has 1 saturated heterocycles. The van der Waals surface area contributed by atoms with Crippen LogP contribution in [0, 0.1) is 5.92 Å². The van der Waals surface area contributed by atoms with Gasteiger partial charge < -0.3 is 15.5 Å². The molecule has 0 atom stereocenters. The predicted molar refractivity (Wildman–Crippen MR) is 111 cm³/mol. The van der Waals surface area contributed by atoms with Crippen LogP contribution in [0.2, 0.25) is 0 Å². The highest BCUT2D eigenvalue weighted by molar-refractivity contribution is 7.99. The zero-order chi connectivity index (χ0) is 17.5. The van der Waals surface area contributed by atoms with Gasteiger partial charge in [-0.25, -0.2) is 0 Å². The maximum Gasteiger partial charge on any atom is 0.191 e. The van der Waals surface area contributed by atoms with Gasteiger partial charge in [0.05, 0.1) is 0 Å². The second-order valence-corrected chi connectivity index (χ2v) is 8.52. The van der Waals surface area contributed by atoms with Crippen molar-refractivity contribution in [1.29, 1.82) is 0 Å². The van der Waals surface area contributed by atoms with Crippen LogP contribution in [0.1, 0.15) is 38.2 Å². The zero-order valence-electron chi connectivity index (χ0n) is 15.6. The molecule has 25 heavy (non-hydrogen) atoms. The fourth-order valence-corrected chi connectivity index (χ4v) is 4.53. The maximum absolute atomic E-state index is 4.39. The molecule has 0 amide bonds. The van der Waals surface area contributed by atoms with E-state index in [1.54, 1.807) is 0 Å². The third-order valence-electron chi connectivity index (χ3n) is 5.35. The summed E-state index contributed by atoms with van der Waals surface area (Å²) >= 11 is 2.05. The standard InChI is InChI=1S/C20H32N4S/c1-16-3-7-18(8-4-16)23-20(21-2)22-15-17-5-9-19(10-6-17)24-11-13-25-14-12-24/h5-6,9-10,16,18H,3-4,7-8,11-15H2,1-2H3,(H2,21,22,23). The molecule has 2 N–H and O–H groups in total. The smallest absolute Gasteiger partial charge is 0.191 e. The lowest BCUT2D eigenvalue weighted by atomic mass is 9.87. The summed E-state index contributed by atoms with van der Waals surface area (Å²) in [5.41, 5.74) is 2.65. The number of benzene rings is 1. The number of hydrogen-bond donors (Lipinski definition) is 2. The van der Waals surface area contributed by atoms with E-state index in [0.717, 1.165) is 18.4 Å². The Morgan fingerprint density at radius 3 is 2.44 bits per heavy atom. The molecule has 1 aliphatic carbocycles. The minimum Gasteiger partial charge on any atom is -0.370 e. The van der Waals surface area contributed by atoms with Crippen molar-refractivity contribution in [3.05, 3.63) is 29.8 Å². The normalized spacial score (nSPS) is 24.9. The Labute approximate surface area is 156 Å². The van der Waals surface area contributed by atoms with Gasteiger partial charge in [-0.3, -0.25) is 4.99 Å². The fraction of sp³-hybridized carbons (Fsp3) is 0.650. The van der Waals surface area contributed by atoms with Crippen LogP contribution in [0.15, 0.2) is 29.3 Å². The first-order valence-electron chi connectivity index (χ1n) is 9.63. The van der Waals surface area contributed by atoms with Gasteiger partial charge in [-0.1, -0.05) is 19.1 Å². The van der Waals surface area contributed by atoms with Crippen LogP contribution in [-0.2, 0) is 6.54 Å². The molecule has 1 aliphatic heterocycles. The van der Waals surface area contributed by atoms with Gasteiger partial charge in [0.2, 0.25) is 0 Å². The lowest BCUT2D eigenvalue weighted by Gasteiger charge is -2.29. The molecule has 2 fully saturated rings. The van der Waals surface area contributed by atoms with Crippen LogP contribution in [-0.4, -0.2) is 43.6 Å². The molecule has 1 aromatic rings. The molecule has 5 heteroatoms. The predicted octanol–water partition coefficient (Wildman–Crippen LogP) is 3.48. The summed E-state index contributed by atoms with van der Waals surface area (Å²) < 4.78 is 0. The first kappa shape index (κ1) is 18.4. The van der Waals surface area contributed by atoms with E-state index in [2.05, 4.69) is 63.5 Å². The third kappa shape index (κ3) is 5.56. The monoisotopic (exact) mass is 360 g/mol. The molecule has 0 aromatic heterocycles. The summed E-state index contributed by atoms with van der Waals surface area (Å²) in [5.74, 6) is 4.29. The highest BCUT2D eigenvalue weighted by atomic mass is 32.2. The number of guanidine groups is 1. The average Bonchev–Trinajstić information content (AvgIpc) is 2.68. The largest absolute Gasteiger partial charge is 0.370 e. The highest BCUT2D eigenvalue weighted by Gasteiger charge is 2.18. The topological polar surface area (TPSA) is 39.7 Å². The molecule has 2 aliphatic rings. The first-order chi connectivity index (χ1) is 12.2. The number of hydrogen-bond acceptors (Lipinski definition) is 3. The summed E-state index contributed by atoms with van der Waals surface area (Å²) in [6, 6.07) is 9.55. The fourth-order valence-electron chi connectivity index (χ4n) is 3.62. The van der Waals surface area contributed by atoms with Gasteiger partial charge in [-0.2, -0.15) is 11.8 Å². The third-order valence-corrected chi connectivity index (χ3v) is 6.30. The molecular formula is C20H32N4S. The van der Waals surface area contributed by atoms with E-state index in [4.69, 9.17) is 0 Å². The van der Waals surface area contributed by atoms with Gasteiger partial charge in [0.25, 0.3) is 0 Å². The van der Waals surface area contributed by atoms with Crippen molar-refractivity contribution in [3.8, 4) is 0 Å². The Bertz CT molecular complexity index is 543. The van der Waals surface area contributed by atoms with Crippen molar-refractivity contribution in [2.75, 3.05) is 36.5 Å². The molecule has 1 aromatic carbocycles. The lowest BCUT2D eigenvalue weighted by molar-refractivity contribution is 0.329. The average molecular weight is 361 g/mol. The van der Waals surface area contributed by atoms with Gasteiger partial charge in [-0.05, 0) is 49.3 Å². The van der Waals surface area contributed by atoms with Crippen molar-refractivity contribution in [2.24, 2.45) is 10.9 Å². The van der Waals surface area contributed by atoms with E-state index in [-0.39, 0.29) is 0 Å². The molecular weight excluding hydrogens is 328 g/mol. The molecule has 0 bridgehead atoms. The van der Waals surface area contributed by atoms with E-state index in [1.165, 1.54) is 61.5 Å². The Hall–Kier alpha value is -1.36. The second-order valence-electron chi connectivity index (χ2n) is 7.29. The Balaban J connectivity index is 1.46. The van der Waals surface area contributed by atoms with Crippen molar-refractivity contribution < 1.29 is 0 Å². The van der Waals surface area contributed by atoms with Gasteiger partial charge in [0.1, 0.15) is 0 Å². The van der Waals surface area contributed by atoms with E-state index in [0.29, 0.717) is 6.04 Å². The number of rotatable bonds is 4. The molecule has 1 heterocycles. The summed E-state index contributed by atoms with van der Waals surface area (Å²) in [6.07, 6.45) is 5.16. The summed E-state index contributed by atoms with van der Waals surface area (Å²) in [5, 5.41) is 7.05. The molecule has 4 nitrogen and oxygen atoms in total. The summed E-state index contributed by atoms with van der Waals surface area (Å²) in [6.45, 7) is 5.51. The molecule has 3 rings (SSSR count). The van der Waals surface area contributed by atoms with Crippen molar-refractivity contribution >= 4 is 23.4 Å². The summed E-state index contributed by atoms with van der Waals surface area (Å²) in [7, 11) is 1.86. The highest BCUT2D eigenvalue weighted by Crippen LogP contribution is 2.23. The van der Waals surface area contributed by atoms with E-state index in [9.17, 15) is 0 Å². The molecule has 138 valence electrons. The molecule has 0 radical (unpaired) electrons. The number of anilines is 1. The number of thioether (sulfide) groups is 1. The summed E-state index contributed by atoms with van der Waals surface area (Å²) in [4.78, 5) is 6.88. The minimum absolute atomic E-state index is 0.571. The van der Waals surface area contributed by atoms with E-state index >= 15 is 0 Å². The van der Waals surface area contributed by atoms with Gasteiger partial charge in [0.15, 0.2) is 5.96 Å². The van der Waals surface area contributed by atoms with Crippen LogP contribution < -0.4 is 15.5 Å². The molecule has 0 unspecified atom stereocenters. The maximum atomic E-state index is 4.39. The quantitative estimate of drug-likeness (QED) is 0.637. The number of nitrogens with one attached hydrogen (secondary N) is 2. The van der Waals surface area contributed by atoms with Crippen LogP contribution in [0.5, 0.6) is 0 Å². The van der Waals surface area contributed by atoms with Crippen LogP contribution in [0.4, 0.5) is 5.69 Å². The number of aliphatic imine (C=N–C) groups is 1. The van der Waals surface area contributed by atoms with E-state index in [1.807, 2.05) is 7.05 Å². The van der Waals surface area contributed by atoms with E-state index < -0.39 is 0 Å². The van der Waals surface area contributed by atoms with Crippen molar-refractivity contribution in [3.63, 3.8) is 0 Å². The Kier molecular flexibility index (Phi) is 6.91. The van der Waals surface area contributed by atoms with Gasteiger partial charge >= 0.3 is 0 Å². The lowest BCUT2D eigenvalue weighted by Crippen LogP contribution is -2.44. The molecule has 1 saturated carbocycles. The van der Waals surface area contributed by atoms with Crippen molar-refractivity contribution in [1.82, 2.24) is 10.6 Å².